The SMILES string of the molecule is CCOc1ccc([C@H]2C(=C(O)c3ccc(C)cc3)C(=O)C(=O)N2CCCN(C)C)cc1OCC. The number of rotatable bonds is 10. The van der Waals surface area contributed by atoms with Crippen LogP contribution in [-0.2, 0) is 9.59 Å². The average molecular weight is 467 g/mol. The van der Waals surface area contributed by atoms with E-state index in [9.17, 15) is 14.7 Å². The number of hydrogen-bond acceptors (Lipinski definition) is 6. The highest BCUT2D eigenvalue weighted by molar-refractivity contribution is 6.46. The molecule has 0 saturated carbocycles. The van der Waals surface area contributed by atoms with Crippen molar-refractivity contribution in [1.29, 1.82) is 0 Å². The maximum Gasteiger partial charge on any atom is 0.295 e. The molecule has 0 spiro atoms. The smallest absolute Gasteiger partial charge is 0.295 e. The molecule has 7 nitrogen and oxygen atoms in total. The summed E-state index contributed by atoms with van der Waals surface area (Å²) in [5, 5.41) is 11.2. The first-order valence-corrected chi connectivity index (χ1v) is 11.7. The third-order valence-corrected chi connectivity index (χ3v) is 5.75. The zero-order chi connectivity index (χ0) is 24.8. The van der Waals surface area contributed by atoms with E-state index in [-0.39, 0.29) is 11.3 Å². The second-order valence-corrected chi connectivity index (χ2v) is 8.59. The van der Waals surface area contributed by atoms with Crippen LogP contribution in [0.4, 0.5) is 0 Å². The van der Waals surface area contributed by atoms with Crippen molar-refractivity contribution in [3.05, 3.63) is 64.7 Å². The first kappa shape index (κ1) is 25.3. The molecular formula is C27H34N2O5. The lowest BCUT2D eigenvalue weighted by Crippen LogP contribution is -2.32. The van der Waals surface area contributed by atoms with Crippen LogP contribution in [0.15, 0.2) is 48.0 Å². The fraction of sp³-hybridized carbons (Fsp3) is 0.407. The number of amides is 1. The molecule has 3 rings (SSSR count). The standard InChI is InChI=1S/C27H34N2O5/c1-6-33-21-14-13-20(17-22(21)34-7-2)24-23(25(30)19-11-9-18(3)10-12-19)26(31)27(32)29(24)16-8-15-28(4)5/h9-14,17,24,30H,6-8,15-16H2,1-5H3/t24-/m0/s1. The van der Waals surface area contributed by atoms with Gasteiger partial charge in [0.15, 0.2) is 11.5 Å². The van der Waals surface area contributed by atoms with E-state index in [0.29, 0.717) is 48.8 Å². The van der Waals surface area contributed by atoms with Crippen molar-refractivity contribution < 1.29 is 24.2 Å². The zero-order valence-corrected chi connectivity index (χ0v) is 20.6. The fourth-order valence-corrected chi connectivity index (χ4v) is 4.12. The summed E-state index contributed by atoms with van der Waals surface area (Å²) in [5.74, 6) is -0.332. The topological polar surface area (TPSA) is 79.3 Å². The third-order valence-electron chi connectivity index (χ3n) is 5.75. The van der Waals surface area contributed by atoms with Gasteiger partial charge in [-0.2, -0.15) is 0 Å². The summed E-state index contributed by atoms with van der Waals surface area (Å²) < 4.78 is 11.5. The summed E-state index contributed by atoms with van der Waals surface area (Å²) >= 11 is 0. The summed E-state index contributed by atoms with van der Waals surface area (Å²) in [6.07, 6.45) is 0.691. The lowest BCUT2D eigenvalue weighted by Gasteiger charge is -2.26. The van der Waals surface area contributed by atoms with E-state index in [0.717, 1.165) is 12.1 Å². The Kier molecular flexibility index (Phi) is 8.34. The van der Waals surface area contributed by atoms with Crippen molar-refractivity contribution in [3.63, 3.8) is 0 Å². The quantitative estimate of drug-likeness (QED) is 0.322. The summed E-state index contributed by atoms with van der Waals surface area (Å²) in [5.41, 5.74) is 2.30. The molecule has 182 valence electrons. The number of hydrogen-bond donors (Lipinski definition) is 1. The molecule has 1 amide bonds. The van der Waals surface area contributed by atoms with Gasteiger partial charge in [-0.1, -0.05) is 35.9 Å². The molecule has 1 aliphatic rings. The number of carbonyl (C=O) groups is 2. The average Bonchev–Trinajstić information content (AvgIpc) is 3.05. The van der Waals surface area contributed by atoms with E-state index in [1.165, 1.54) is 0 Å². The van der Waals surface area contributed by atoms with Crippen LogP contribution in [0.3, 0.4) is 0 Å². The molecule has 1 fully saturated rings. The molecule has 1 atom stereocenters. The van der Waals surface area contributed by atoms with Gasteiger partial charge >= 0.3 is 0 Å². The van der Waals surface area contributed by atoms with Crippen LogP contribution in [0.1, 0.15) is 43.0 Å². The van der Waals surface area contributed by atoms with Gasteiger partial charge in [0.1, 0.15) is 5.76 Å². The van der Waals surface area contributed by atoms with Gasteiger partial charge in [0.2, 0.25) is 0 Å². The normalized spacial score (nSPS) is 17.5. The molecule has 2 aromatic carbocycles. The van der Waals surface area contributed by atoms with Crippen LogP contribution in [0.2, 0.25) is 0 Å². The number of ether oxygens (including phenoxy) is 2. The fourth-order valence-electron chi connectivity index (χ4n) is 4.12. The number of carbonyl (C=O) groups excluding carboxylic acids is 2. The number of aliphatic hydroxyl groups excluding tert-OH is 1. The predicted molar refractivity (Wildman–Crippen MR) is 132 cm³/mol. The maximum absolute atomic E-state index is 13.2. The van der Waals surface area contributed by atoms with Crippen LogP contribution >= 0.6 is 0 Å². The lowest BCUT2D eigenvalue weighted by atomic mass is 9.94. The Bertz CT molecular complexity index is 1060. The molecule has 1 aliphatic heterocycles. The zero-order valence-electron chi connectivity index (χ0n) is 20.6. The molecule has 1 heterocycles. The number of benzene rings is 2. The molecule has 0 bridgehead atoms. The number of Topliss-reactive ketones (excluding diaryl/α,β-unsaturated/α-hetero) is 1. The van der Waals surface area contributed by atoms with E-state index < -0.39 is 17.7 Å². The van der Waals surface area contributed by atoms with E-state index >= 15 is 0 Å². The predicted octanol–water partition coefficient (Wildman–Crippen LogP) is 4.17. The van der Waals surface area contributed by atoms with Crippen molar-refractivity contribution >= 4 is 17.4 Å². The van der Waals surface area contributed by atoms with Gasteiger partial charge in [-0.3, -0.25) is 9.59 Å². The number of aliphatic hydroxyl groups is 1. The second kappa shape index (κ2) is 11.2. The molecular weight excluding hydrogens is 432 g/mol. The van der Waals surface area contributed by atoms with Gasteiger partial charge in [-0.05, 0) is 65.5 Å². The van der Waals surface area contributed by atoms with Crippen LogP contribution in [0.25, 0.3) is 5.76 Å². The highest BCUT2D eigenvalue weighted by Crippen LogP contribution is 2.42. The highest BCUT2D eigenvalue weighted by atomic mass is 16.5. The molecule has 0 radical (unpaired) electrons. The Morgan fingerprint density at radius 3 is 2.26 bits per heavy atom. The van der Waals surface area contributed by atoms with Gasteiger partial charge in [-0.25, -0.2) is 0 Å². The Hall–Kier alpha value is -3.32. The minimum Gasteiger partial charge on any atom is -0.507 e. The Labute approximate surface area is 201 Å². The van der Waals surface area contributed by atoms with Crippen LogP contribution in [-0.4, -0.2) is 67.0 Å². The summed E-state index contributed by atoms with van der Waals surface area (Å²) in [6.45, 7) is 7.79. The minimum absolute atomic E-state index is 0.0883. The van der Waals surface area contributed by atoms with Crippen molar-refractivity contribution in [2.75, 3.05) is 40.4 Å². The number of aryl methyl sites for hydroxylation is 1. The minimum atomic E-state index is -0.724. The largest absolute Gasteiger partial charge is 0.507 e. The van der Waals surface area contributed by atoms with Gasteiger partial charge in [0.05, 0.1) is 24.8 Å². The molecule has 1 N–H and O–H groups in total. The van der Waals surface area contributed by atoms with Crippen molar-refractivity contribution in [1.82, 2.24) is 9.80 Å². The monoisotopic (exact) mass is 466 g/mol. The van der Waals surface area contributed by atoms with Crippen LogP contribution in [0.5, 0.6) is 11.5 Å². The summed E-state index contributed by atoms with van der Waals surface area (Å²) in [4.78, 5) is 29.9. The number of nitrogens with zero attached hydrogens (tertiary/aromatic N) is 2. The van der Waals surface area contributed by atoms with E-state index in [2.05, 4.69) is 0 Å². The van der Waals surface area contributed by atoms with Crippen molar-refractivity contribution in [3.8, 4) is 11.5 Å². The molecule has 34 heavy (non-hydrogen) atoms. The van der Waals surface area contributed by atoms with E-state index in [1.807, 2.05) is 58.0 Å². The first-order valence-electron chi connectivity index (χ1n) is 11.7. The highest BCUT2D eigenvalue weighted by Gasteiger charge is 2.46. The molecule has 0 aliphatic carbocycles. The summed E-state index contributed by atoms with van der Waals surface area (Å²) in [6, 6.07) is 11.9. The Balaban J connectivity index is 2.13. The van der Waals surface area contributed by atoms with Gasteiger partial charge in [-0.15, -0.1) is 0 Å². The first-order chi connectivity index (χ1) is 16.3. The number of ketones is 1. The Morgan fingerprint density at radius 1 is 1.00 bits per heavy atom. The second-order valence-electron chi connectivity index (χ2n) is 8.59. The summed E-state index contributed by atoms with van der Waals surface area (Å²) in [7, 11) is 3.92. The third kappa shape index (κ3) is 5.42. The van der Waals surface area contributed by atoms with Gasteiger partial charge in [0.25, 0.3) is 11.7 Å². The van der Waals surface area contributed by atoms with E-state index in [4.69, 9.17) is 9.47 Å². The van der Waals surface area contributed by atoms with Gasteiger partial charge in [0, 0.05) is 12.1 Å². The molecule has 0 unspecified atom stereocenters. The maximum atomic E-state index is 13.2. The van der Waals surface area contributed by atoms with Gasteiger partial charge < -0.3 is 24.4 Å². The van der Waals surface area contributed by atoms with Crippen molar-refractivity contribution in [2.45, 2.75) is 33.2 Å². The lowest BCUT2D eigenvalue weighted by molar-refractivity contribution is -0.139. The number of likely N-dealkylation sites (tertiary alicyclic amines) is 1. The molecule has 7 heteroatoms. The van der Waals surface area contributed by atoms with E-state index in [1.54, 1.807) is 29.2 Å². The van der Waals surface area contributed by atoms with Crippen LogP contribution in [0, 0.1) is 6.92 Å². The Morgan fingerprint density at radius 2 is 1.65 bits per heavy atom. The molecule has 0 aromatic heterocycles. The molecule has 1 saturated heterocycles. The van der Waals surface area contributed by atoms with Crippen LogP contribution < -0.4 is 9.47 Å². The van der Waals surface area contributed by atoms with Crippen molar-refractivity contribution in [2.24, 2.45) is 0 Å². The molecule has 2 aromatic rings.